The summed E-state index contributed by atoms with van der Waals surface area (Å²) >= 11 is 7.10. The second-order valence-electron chi connectivity index (χ2n) is 6.26. The third-order valence-electron chi connectivity index (χ3n) is 4.51. The van der Waals surface area contributed by atoms with E-state index in [0.29, 0.717) is 21.8 Å². The molecular formula is C20H14ClNO4S. The third kappa shape index (κ3) is 3.18. The SMILES string of the molecule is O=C1C[C@@H](c2cccc(O)c2)c2sc(C(=O)O)c(-c3ccc(Cl)cc3)c2N1. The fourth-order valence-corrected chi connectivity index (χ4v) is 4.71. The number of carboxylic acid groups (broad SMARTS) is 1. The maximum absolute atomic E-state index is 12.4. The Bertz CT molecular complexity index is 1060. The maximum atomic E-state index is 12.4. The number of thiophene rings is 1. The van der Waals surface area contributed by atoms with Crippen LogP contribution in [0.4, 0.5) is 5.69 Å². The number of phenolic OH excluding ortho intramolecular Hbond substituents is 1. The van der Waals surface area contributed by atoms with Crippen LogP contribution in [0.5, 0.6) is 5.75 Å². The lowest BCUT2D eigenvalue weighted by molar-refractivity contribution is -0.116. The van der Waals surface area contributed by atoms with Gasteiger partial charge in [0, 0.05) is 27.8 Å². The molecule has 0 saturated heterocycles. The number of halogens is 1. The summed E-state index contributed by atoms with van der Waals surface area (Å²) in [5.41, 5.74) is 2.44. The molecule has 1 amide bonds. The Labute approximate surface area is 163 Å². The number of hydrogen-bond acceptors (Lipinski definition) is 4. The van der Waals surface area contributed by atoms with Crippen LogP contribution in [0.15, 0.2) is 48.5 Å². The van der Waals surface area contributed by atoms with E-state index in [1.165, 1.54) is 0 Å². The average Bonchev–Trinajstić information content (AvgIpc) is 3.01. The molecule has 4 rings (SSSR count). The molecule has 1 aliphatic rings. The Kier molecular flexibility index (Phi) is 4.37. The van der Waals surface area contributed by atoms with Gasteiger partial charge in [-0.25, -0.2) is 4.79 Å². The topological polar surface area (TPSA) is 86.6 Å². The zero-order valence-electron chi connectivity index (χ0n) is 13.9. The van der Waals surface area contributed by atoms with Gasteiger partial charge in [-0.1, -0.05) is 35.9 Å². The van der Waals surface area contributed by atoms with Crippen molar-refractivity contribution in [3.63, 3.8) is 0 Å². The molecular weight excluding hydrogens is 386 g/mol. The van der Waals surface area contributed by atoms with Crippen LogP contribution in [0.1, 0.15) is 32.5 Å². The smallest absolute Gasteiger partial charge is 0.346 e. The van der Waals surface area contributed by atoms with Crippen LogP contribution in [0.25, 0.3) is 11.1 Å². The minimum atomic E-state index is -1.05. The number of amides is 1. The molecule has 0 aliphatic carbocycles. The van der Waals surface area contributed by atoms with E-state index in [4.69, 9.17) is 11.6 Å². The molecule has 2 aromatic carbocycles. The van der Waals surface area contributed by atoms with Gasteiger partial charge in [-0.3, -0.25) is 4.79 Å². The number of hydrogen-bond donors (Lipinski definition) is 3. The molecule has 0 radical (unpaired) electrons. The highest BCUT2D eigenvalue weighted by Gasteiger charge is 2.34. The number of carboxylic acids is 1. The van der Waals surface area contributed by atoms with E-state index in [9.17, 15) is 19.8 Å². The predicted octanol–water partition coefficient (Wildman–Crippen LogP) is 4.95. The number of carbonyl (C=O) groups is 2. The van der Waals surface area contributed by atoms with Crippen molar-refractivity contribution in [3.8, 4) is 16.9 Å². The van der Waals surface area contributed by atoms with Crippen molar-refractivity contribution in [2.24, 2.45) is 0 Å². The van der Waals surface area contributed by atoms with Gasteiger partial charge in [0.05, 0.1) is 5.69 Å². The van der Waals surface area contributed by atoms with Gasteiger partial charge in [-0.15, -0.1) is 11.3 Å². The summed E-state index contributed by atoms with van der Waals surface area (Å²) in [4.78, 5) is 25.2. The summed E-state index contributed by atoms with van der Waals surface area (Å²) in [7, 11) is 0. The summed E-state index contributed by atoms with van der Waals surface area (Å²) in [6.07, 6.45) is 0.191. The molecule has 1 aromatic heterocycles. The number of nitrogens with one attached hydrogen (secondary N) is 1. The van der Waals surface area contributed by atoms with E-state index in [2.05, 4.69) is 5.32 Å². The van der Waals surface area contributed by atoms with Crippen LogP contribution in [0.3, 0.4) is 0 Å². The van der Waals surface area contributed by atoms with Crippen molar-refractivity contribution in [1.29, 1.82) is 0 Å². The van der Waals surface area contributed by atoms with Gasteiger partial charge in [0.15, 0.2) is 0 Å². The van der Waals surface area contributed by atoms with Crippen LogP contribution in [-0.2, 0) is 4.79 Å². The number of anilines is 1. The molecule has 1 aliphatic heterocycles. The first-order valence-corrected chi connectivity index (χ1v) is 9.38. The second kappa shape index (κ2) is 6.72. The van der Waals surface area contributed by atoms with Crippen LogP contribution < -0.4 is 5.32 Å². The first kappa shape index (κ1) is 17.6. The minimum absolute atomic E-state index is 0.105. The fraction of sp³-hybridized carbons (Fsp3) is 0.100. The fourth-order valence-electron chi connectivity index (χ4n) is 3.34. The van der Waals surface area contributed by atoms with Crippen molar-refractivity contribution >= 4 is 40.5 Å². The van der Waals surface area contributed by atoms with E-state index in [0.717, 1.165) is 21.8 Å². The molecule has 136 valence electrons. The molecule has 5 nitrogen and oxygen atoms in total. The number of rotatable bonds is 3. The highest BCUT2D eigenvalue weighted by molar-refractivity contribution is 7.15. The summed E-state index contributed by atoms with van der Waals surface area (Å²) in [6.45, 7) is 0. The Morgan fingerprint density at radius 1 is 1.19 bits per heavy atom. The molecule has 0 bridgehead atoms. The van der Waals surface area contributed by atoms with Crippen LogP contribution in [0.2, 0.25) is 5.02 Å². The first-order valence-electron chi connectivity index (χ1n) is 8.18. The quantitative estimate of drug-likeness (QED) is 0.581. The largest absolute Gasteiger partial charge is 0.508 e. The van der Waals surface area contributed by atoms with Crippen LogP contribution in [0, 0.1) is 0 Å². The molecule has 27 heavy (non-hydrogen) atoms. The molecule has 3 N–H and O–H groups in total. The van der Waals surface area contributed by atoms with Gasteiger partial charge < -0.3 is 15.5 Å². The number of aromatic hydroxyl groups is 1. The van der Waals surface area contributed by atoms with Gasteiger partial charge in [0.1, 0.15) is 10.6 Å². The Balaban J connectivity index is 1.94. The summed E-state index contributed by atoms with van der Waals surface area (Å²) in [5, 5.41) is 22.9. The number of phenols is 1. The van der Waals surface area contributed by atoms with Gasteiger partial charge in [-0.2, -0.15) is 0 Å². The van der Waals surface area contributed by atoms with E-state index in [1.807, 2.05) is 6.07 Å². The summed E-state index contributed by atoms with van der Waals surface area (Å²) in [5.74, 6) is -1.46. The normalized spacial score (nSPS) is 15.9. The summed E-state index contributed by atoms with van der Waals surface area (Å²) < 4.78 is 0. The summed E-state index contributed by atoms with van der Waals surface area (Å²) in [6, 6.07) is 13.5. The van der Waals surface area contributed by atoms with Crippen molar-refractivity contribution < 1.29 is 19.8 Å². The molecule has 3 aromatic rings. The van der Waals surface area contributed by atoms with E-state index < -0.39 is 5.97 Å². The lowest BCUT2D eigenvalue weighted by Crippen LogP contribution is -2.22. The molecule has 0 fully saturated rings. The zero-order chi connectivity index (χ0) is 19.1. The number of aromatic carboxylic acids is 1. The van der Waals surface area contributed by atoms with Gasteiger partial charge in [0.25, 0.3) is 0 Å². The average molecular weight is 400 g/mol. The van der Waals surface area contributed by atoms with Crippen molar-refractivity contribution in [2.75, 3.05) is 5.32 Å². The van der Waals surface area contributed by atoms with E-state index in [1.54, 1.807) is 42.5 Å². The van der Waals surface area contributed by atoms with Crippen molar-refractivity contribution in [1.82, 2.24) is 0 Å². The van der Waals surface area contributed by atoms with Gasteiger partial charge in [-0.05, 0) is 35.4 Å². The Hall–Kier alpha value is -2.83. The monoisotopic (exact) mass is 399 g/mol. The standard InChI is InChI=1S/C20H14ClNO4S/c21-12-6-4-10(5-7-12)16-17-18(27-19(16)20(25)26)14(9-15(24)22-17)11-2-1-3-13(23)8-11/h1-8,14,23H,9H2,(H,22,24)(H,25,26)/t14-/m0/s1. The predicted molar refractivity (Wildman–Crippen MR) is 105 cm³/mol. The molecule has 0 unspecified atom stereocenters. The number of carbonyl (C=O) groups excluding carboxylic acids is 1. The molecule has 7 heteroatoms. The number of fused-ring (bicyclic) bond motifs is 1. The van der Waals surface area contributed by atoms with E-state index >= 15 is 0 Å². The lowest BCUT2D eigenvalue weighted by atomic mass is 9.88. The molecule has 0 spiro atoms. The van der Waals surface area contributed by atoms with Crippen LogP contribution in [-0.4, -0.2) is 22.1 Å². The van der Waals surface area contributed by atoms with E-state index in [-0.39, 0.29) is 28.9 Å². The molecule has 1 atom stereocenters. The third-order valence-corrected chi connectivity index (χ3v) is 6.05. The molecule has 2 heterocycles. The van der Waals surface area contributed by atoms with Crippen molar-refractivity contribution in [2.45, 2.75) is 12.3 Å². The Morgan fingerprint density at radius 3 is 2.59 bits per heavy atom. The zero-order valence-corrected chi connectivity index (χ0v) is 15.5. The van der Waals surface area contributed by atoms with Crippen LogP contribution >= 0.6 is 22.9 Å². The lowest BCUT2D eigenvalue weighted by Gasteiger charge is -2.24. The maximum Gasteiger partial charge on any atom is 0.346 e. The highest BCUT2D eigenvalue weighted by atomic mass is 35.5. The molecule has 0 saturated carbocycles. The highest BCUT2D eigenvalue weighted by Crippen LogP contribution is 2.49. The van der Waals surface area contributed by atoms with Gasteiger partial charge in [0.2, 0.25) is 5.91 Å². The second-order valence-corrected chi connectivity index (χ2v) is 7.75. The van der Waals surface area contributed by atoms with Gasteiger partial charge >= 0.3 is 5.97 Å². The first-order chi connectivity index (χ1) is 12.9. The van der Waals surface area contributed by atoms with Crippen molar-refractivity contribution in [3.05, 3.63) is 68.9 Å². The Morgan fingerprint density at radius 2 is 1.93 bits per heavy atom. The number of benzene rings is 2. The minimum Gasteiger partial charge on any atom is -0.508 e.